The monoisotopic (exact) mass is 205 g/mol. The molecule has 0 radical (unpaired) electrons. The Morgan fingerprint density at radius 1 is 1.53 bits per heavy atom. The van der Waals surface area contributed by atoms with Gasteiger partial charge in [-0.1, -0.05) is 6.07 Å². The molecule has 2 rings (SSSR count). The van der Waals surface area contributed by atoms with Gasteiger partial charge in [0, 0.05) is 19.3 Å². The van der Waals surface area contributed by atoms with Crippen molar-refractivity contribution in [1.82, 2.24) is 9.88 Å². The van der Waals surface area contributed by atoms with Crippen molar-refractivity contribution < 1.29 is 0 Å². The van der Waals surface area contributed by atoms with Crippen molar-refractivity contribution in [2.45, 2.75) is 19.9 Å². The second kappa shape index (κ2) is 4.73. The summed E-state index contributed by atoms with van der Waals surface area (Å²) in [5.41, 5.74) is 8.05. The van der Waals surface area contributed by atoms with Crippen LogP contribution in [0.5, 0.6) is 0 Å². The third-order valence-electron chi connectivity index (χ3n) is 3.06. The van der Waals surface area contributed by atoms with Gasteiger partial charge in [0.05, 0.1) is 5.69 Å². The minimum atomic E-state index is 0.690. The average Bonchev–Trinajstić information content (AvgIpc) is 2.69. The first-order chi connectivity index (χ1) is 7.28. The Labute approximate surface area is 91.3 Å². The van der Waals surface area contributed by atoms with Crippen LogP contribution < -0.4 is 5.73 Å². The fourth-order valence-electron chi connectivity index (χ4n) is 2.07. The Balaban J connectivity index is 1.90. The number of aromatic nitrogens is 1. The molecule has 3 heteroatoms. The topological polar surface area (TPSA) is 42.1 Å². The van der Waals surface area contributed by atoms with E-state index in [-0.39, 0.29) is 0 Å². The molecule has 0 spiro atoms. The van der Waals surface area contributed by atoms with Crippen molar-refractivity contribution in [3.8, 4) is 0 Å². The maximum absolute atomic E-state index is 5.67. The molecule has 1 aromatic rings. The second-order valence-corrected chi connectivity index (χ2v) is 4.45. The Kier molecular flexibility index (Phi) is 3.34. The van der Waals surface area contributed by atoms with E-state index in [1.165, 1.54) is 17.7 Å². The van der Waals surface area contributed by atoms with Crippen molar-refractivity contribution >= 4 is 0 Å². The lowest BCUT2D eigenvalue weighted by Gasteiger charge is -2.14. The molecule has 3 nitrogen and oxygen atoms in total. The Bertz CT molecular complexity index is 307. The van der Waals surface area contributed by atoms with Crippen molar-refractivity contribution in [3.63, 3.8) is 0 Å². The zero-order valence-corrected chi connectivity index (χ0v) is 9.32. The normalized spacial score (nSPS) is 22.1. The van der Waals surface area contributed by atoms with E-state index in [1.54, 1.807) is 0 Å². The lowest BCUT2D eigenvalue weighted by molar-refractivity contribution is 0.314. The summed E-state index contributed by atoms with van der Waals surface area (Å²) < 4.78 is 0. The van der Waals surface area contributed by atoms with Crippen LogP contribution in [-0.4, -0.2) is 29.5 Å². The fourth-order valence-corrected chi connectivity index (χ4v) is 2.07. The first kappa shape index (κ1) is 10.6. The predicted octanol–water partition coefficient (Wildman–Crippen LogP) is 1.17. The number of aryl methyl sites for hydroxylation is 1. The molecule has 1 aliphatic heterocycles. The van der Waals surface area contributed by atoms with Gasteiger partial charge in [0.15, 0.2) is 0 Å². The van der Waals surface area contributed by atoms with Crippen LogP contribution in [0, 0.1) is 12.8 Å². The van der Waals surface area contributed by atoms with Gasteiger partial charge in [-0.25, -0.2) is 0 Å². The van der Waals surface area contributed by atoms with Crippen LogP contribution >= 0.6 is 0 Å². The zero-order chi connectivity index (χ0) is 10.7. The van der Waals surface area contributed by atoms with E-state index in [0.29, 0.717) is 5.92 Å². The number of pyridine rings is 1. The first-order valence-corrected chi connectivity index (χ1v) is 5.62. The lowest BCUT2D eigenvalue weighted by Crippen LogP contribution is -2.23. The molecule has 1 saturated heterocycles. The number of nitrogens with two attached hydrogens (primary N) is 1. The van der Waals surface area contributed by atoms with Crippen molar-refractivity contribution in [2.75, 3.05) is 19.6 Å². The highest BCUT2D eigenvalue weighted by molar-refractivity contribution is 5.12. The minimum Gasteiger partial charge on any atom is -0.330 e. The summed E-state index contributed by atoms with van der Waals surface area (Å²) in [6.45, 7) is 6.15. The van der Waals surface area contributed by atoms with Gasteiger partial charge in [-0.2, -0.15) is 0 Å². The third-order valence-corrected chi connectivity index (χ3v) is 3.06. The van der Waals surface area contributed by atoms with E-state index >= 15 is 0 Å². The Hall–Kier alpha value is -0.930. The molecule has 2 N–H and O–H groups in total. The van der Waals surface area contributed by atoms with Crippen LogP contribution in [0.4, 0.5) is 0 Å². The highest BCUT2D eigenvalue weighted by Crippen LogP contribution is 2.16. The van der Waals surface area contributed by atoms with Gasteiger partial charge >= 0.3 is 0 Å². The van der Waals surface area contributed by atoms with E-state index < -0.39 is 0 Å². The number of likely N-dealkylation sites (tertiary alicyclic amines) is 1. The number of hydrogen-bond acceptors (Lipinski definition) is 3. The Morgan fingerprint density at radius 3 is 3.00 bits per heavy atom. The first-order valence-electron chi connectivity index (χ1n) is 5.62. The molecule has 0 aliphatic carbocycles. The molecule has 0 aromatic carbocycles. The molecule has 0 bridgehead atoms. The molecule has 0 saturated carbocycles. The zero-order valence-electron chi connectivity index (χ0n) is 9.32. The number of rotatable bonds is 3. The standard InChI is InChI=1S/C12H19N3/c1-10-2-3-12(14-7-10)9-15-5-4-11(6-13)8-15/h2-3,7,11H,4-6,8-9,13H2,1H3. The Morgan fingerprint density at radius 2 is 2.40 bits per heavy atom. The summed E-state index contributed by atoms with van der Waals surface area (Å²) in [7, 11) is 0. The molecule has 2 heterocycles. The van der Waals surface area contributed by atoms with E-state index in [2.05, 4.69) is 28.9 Å². The van der Waals surface area contributed by atoms with Crippen molar-refractivity contribution in [2.24, 2.45) is 11.7 Å². The van der Waals surface area contributed by atoms with Crippen LogP contribution in [0.25, 0.3) is 0 Å². The molecule has 82 valence electrons. The van der Waals surface area contributed by atoms with Gasteiger partial charge in [0.25, 0.3) is 0 Å². The maximum atomic E-state index is 5.67. The summed E-state index contributed by atoms with van der Waals surface area (Å²) in [4.78, 5) is 6.86. The van der Waals surface area contributed by atoms with Gasteiger partial charge in [0.2, 0.25) is 0 Å². The summed E-state index contributed by atoms with van der Waals surface area (Å²) in [5.74, 6) is 0.690. The van der Waals surface area contributed by atoms with Crippen LogP contribution in [-0.2, 0) is 6.54 Å². The molecule has 1 aliphatic rings. The predicted molar refractivity (Wildman–Crippen MR) is 61.4 cm³/mol. The highest BCUT2D eigenvalue weighted by atomic mass is 15.2. The van der Waals surface area contributed by atoms with Gasteiger partial charge < -0.3 is 5.73 Å². The minimum absolute atomic E-state index is 0.690. The van der Waals surface area contributed by atoms with E-state index in [9.17, 15) is 0 Å². The van der Waals surface area contributed by atoms with Crippen LogP contribution in [0.15, 0.2) is 18.3 Å². The summed E-state index contributed by atoms with van der Waals surface area (Å²) in [6.07, 6.45) is 3.17. The third kappa shape index (κ3) is 2.76. The molecule has 1 fully saturated rings. The van der Waals surface area contributed by atoms with Gasteiger partial charge in [0.1, 0.15) is 0 Å². The number of nitrogens with zero attached hydrogens (tertiary/aromatic N) is 2. The van der Waals surface area contributed by atoms with E-state index in [0.717, 1.165) is 26.2 Å². The van der Waals surface area contributed by atoms with E-state index in [4.69, 9.17) is 5.73 Å². The van der Waals surface area contributed by atoms with Gasteiger partial charge in [-0.3, -0.25) is 9.88 Å². The van der Waals surface area contributed by atoms with Crippen molar-refractivity contribution in [3.05, 3.63) is 29.6 Å². The molecular weight excluding hydrogens is 186 g/mol. The molecular formula is C12H19N3. The summed E-state index contributed by atoms with van der Waals surface area (Å²) in [6, 6.07) is 4.24. The van der Waals surface area contributed by atoms with E-state index in [1.807, 2.05) is 6.20 Å². The van der Waals surface area contributed by atoms with Crippen LogP contribution in [0.3, 0.4) is 0 Å². The molecule has 0 amide bonds. The number of hydrogen-bond donors (Lipinski definition) is 1. The smallest absolute Gasteiger partial charge is 0.0544 e. The maximum Gasteiger partial charge on any atom is 0.0544 e. The molecule has 15 heavy (non-hydrogen) atoms. The quantitative estimate of drug-likeness (QED) is 0.805. The lowest BCUT2D eigenvalue weighted by atomic mass is 10.1. The van der Waals surface area contributed by atoms with Gasteiger partial charge in [-0.05, 0) is 44.0 Å². The average molecular weight is 205 g/mol. The second-order valence-electron chi connectivity index (χ2n) is 4.45. The van der Waals surface area contributed by atoms with Crippen LogP contribution in [0.1, 0.15) is 17.7 Å². The molecule has 1 unspecified atom stereocenters. The molecule has 1 aromatic heterocycles. The van der Waals surface area contributed by atoms with Gasteiger partial charge in [-0.15, -0.1) is 0 Å². The van der Waals surface area contributed by atoms with Crippen molar-refractivity contribution in [1.29, 1.82) is 0 Å². The van der Waals surface area contributed by atoms with Crippen LogP contribution in [0.2, 0.25) is 0 Å². The molecule has 1 atom stereocenters. The fraction of sp³-hybridized carbons (Fsp3) is 0.583. The largest absolute Gasteiger partial charge is 0.330 e. The summed E-state index contributed by atoms with van der Waals surface area (Å²) in [5, 5.41) is 0. The highest BCUT2D eigenvalue weighted by Gasteiger charge is 2.21. The SMILES string of the molecule is Cc1ccc(CN2CCC(CN)C2)nc1. The summed E-state index contributed by atoms with van der Waals surface area (Å²) >= 11 is 0.